The zero-order valence-electron chi connectivity index (χ0n) is 19.4. The molecule has 1 aliphatic heterocycles. The number of halogens is 4. The summed E-state index contributed by atoms with van der Waals surface area (Å²) in [6.45, 7) is 0. The van der Waals surface area contributed by atoms with E-state index in [1.807, 2.05) is 12.1 Å². The zero-order chi connectivity index (χ0) is 28.0. The third-order valence-electron chi connectivity index (χ3n) is 5.98. The Balaban J connectivity index is 1.36. The molecule has 0 saturated carbocycles. The molecule has 1 atom stereocenters. The van der Waals surface area contributed by atoms with Gasteiger partial charge in [0.2, 0.25) is 11.8 Å². The molecule has 1 unspecified atom stereocenters. The fourth-order valence-electron chi connectivity index (χ4n) is 4.19. The quantitative estimate of drug-likeness (QED) is 0.119. The molecule has 1 fully saturated rings. The number of amides is 3. The van der Waals surface area contributed by atoms with Crippen molar-refractivity contribution in [2.45, 2.75) is 16.6 Å². The maximum absolute atomic E-state index is 13.2. The van der Waals surface area contributed by atoms with Crippen LogP contribution in [0.3, 0.4) is 0 Å². The van der Waals surface area contributed by atoms with Crippen molar-refractivity contribution >= 4 is 104 Å². The Morgan fingerprint density at radius 1 is 0.949 bits per heavy atom. The van der Waals surface area contributed by atoms with E-state index in [-0.39, 0.29) is 39.0 Å². The van der Waals surface area contributed by atoms with Crippen LogP contribution in [-0.2, 0) is 9.59 Å². The average Bonchev–Trinajstić information content (AvgIpc) is 3.47. The van der Waals surface area contributed by atoms with Crippen LogP contribution in [0.25, 0.3) is 10.9 Å². The normalized spacial score (nSPS) is 15.3. The molecule has 0 aliphatic carbocycles. The van der Waals surface area contributed by atoms with E-state index < -0.39 is 33.3 Å². The molecule has 1 aromatic heterocycles. The number of imide groups is 1. The molecule has 3 aromatic carbocycles. The third-order valence-corrected chi connectivity index (χ3v) is 8.96. The second-order valence-electron chi connectivity index (χ2n) is 8.42. The molecule has 0 spiro atoms. The number of aromatic carboxylic acids is 1. The monoisotopic (exact) mass is 621 g/mol. The summed E-state index contributed by atoms with van der Waals surface area (Å²) < 4.78 is 0. The minimum Gasteiger partial charge on any atom is -0.478 e. The van der Waals surface area contributed by atoms with Crippen molar-refractivity contribution in [1.82, 2.24) is 4.98 Å². The highest BCUT2D eigenvalue weighted by atomic mass is 35.5. The summed E-state index contributed by atoms with van der Waals surface area (Å²) >= 11 is 25.4. The summed E-state index contributed by atoms with van der Waals surface area (Å²) in [7, 11) is 0. The van der Waals surface area contributed by atoms with Crippen LogP contribution in [0.4, 0.5) is 11.4 Å². The number of carbonyl (C=O) groups is 4. The van der Waals surface area contributed by atoms with Crippen molar-refractivity contribution in [1.29, 1.82) is 0 Å². The first-order valence-corrected chi connectivity index (χ1v) is 13.6. The lowest BCUT2D eigenvalue weighted by Gasteiger charge is -2.16. The van der Waals surface area contributed by atoms with E-state index in [9.17, 15) is 24.3 Å². The smallest absolute Gasteiger partial charge is 0.338 e. The molecule has 39 heavy (non-hydrogen) atoms. The van der Waals surface area contributed by atoms with Gasteiger partial charge in [-0.25, -0.2) is 9.69 Å². The average molecular weight is 623 g/mol. The highest BCUT2D eigenvalue weighted by Gasteiger charge is 2.40. The minimum absolute atomic E-state index is 0.00218. The molecule has 198 valence electrons. The summed E-state index contributed by atoms with van der Waals surface area (Å²) in [5.74, 6) is -3.06. The van der Waals surface area contributed by atoms with Crippen molar-refractivity contribution < 1.29 is 24.3 Å². The van der Waals surface area contributed by atoms with Gasteiger partial charge in [0, 0.05) is 28.7 Å². The van der Waals surface area contributed by atoms with Crippen LogP contribution in [0, 0.1) is 0 Å². The molecule has 1 aliphatic rings. The summed E-state index contributed by atoms with van der Waals surface area (Å²) in [6, 6.07) is 13.7. The number of H-pyrrole nitrogens is 1. The molecular weight excluding hydrogens is 608 g/mol. The van der Waals surface area contributed by atoms with Gasteiger partial charge in [-0.3, -0.25) is 14.4 Å². The van der Waals surface area contributed by atoms with Gasteiger partial charge in [-0.05, 0) is 41.8 Å². The van der Waals surface area contributed by atoms with E-state index in [4.69, 9.17) is 46.4 Å². The van der Waals surface area contributed by atoms with Crippen LogP contribution < -0.4 is 10.2 Å². The summed E-state index contributed by atoms with van der Waals surface area (Å²) in [5.41, 5.74) is 0.530. The Morgan fingerprint density at radius 2 is 1.67 bits per heavy atom. The van der Waals surface area contributed by atoms with Crippen LogP contribution in [0.2, 0.25) is 20.1 Å². The summed E-state index contributed by atoms with van der Waals surface area (Å²) in [5, 5.41) is 11.1. The molecule has 4 aromatic rings. The predicted octanol–water partition coefficient (Wildman–Crippen LogP) is 7.16. The second-order valence-corrected chi connectivity index (χ2v) is 11.2. The first-order chi connectivity index (χ1) is 18.6. The van der Waals surface area contributed by atoms with Crippen LogP contribution in [0.5, 0.6) is 0 Å². The molecule has 0 radical (unpaired) electrons. The molecule has 8 nitrogen and oxygen atoms in total. The first kappa shape index (κ1) is 27.4. The predicted molar refractivity (Wildman–Crippen MR) is 153 cm³/mol. The Kier molecular flexibility index (Phi) is 7.54. The second kappa shape index (κ2) is 10.7. The van der Waals surface area contributed by atoms with Gasteiger partial charge in [0.05, 0.1) is 42.2 Å². The van der Waals surface area contributed by atoms with Crippen molar-refractivity contribution in [3.8, 4) is 0 Å². The highest BCUT2D eigenvalue weighted by molar-refractivity contribution is 8.00. The molecule has 1 saturated heterocycles. The van der Waals surface area contributed by atoms with Crippen molar-refractivity contribution in [3.63, 3.8) is 0 Å². The van der Waals surface area contributed by atoms with Gasteiger partial charge in [0.1, 0.15) is 0 Å². The number of aromatic nitrogens is 1. The maximum Gasteiger partial charge on any atom is 0.338 e. The maximum atomic E-state index is 13.2. The van der Waals surface area contributed by atoms with Crippen molar-refractivity contribution in [2.75, 3.05) is 10.2 Å². The SMILES string of the molecule is O=C(O)c1c(Cl)c(Cl)c(Cl)c(Cl)c1C(=O)Nc1cccc(SC2CC(=O)N(c3ccc4cc[nH]c4c3)C2=O)c1. The largest absolute Gasteiger partial charge is 0.478 e. The zero-order valence-corrected chi connectivity index (χ0v) is 23.3. The van der Waals surface area contributed by atoms with E-state index in [1.54, 1.807) is 42.6 Å². The number of fused-ring (bicyclic) bond motifs is 1. The van der Waals surface area contributed by atoms with Crippen molar-refractivity contribution in [2.24, 2.45) is 0 Å². The molecule has 0 bridgehead atoms. The van der Waals surface area contributed by atoms with Crippen LogP contribution in [0.1, 0.15) is 27.1 Å². The number of nitrogens with one attached hydrogen (secondary N) is 2. The van der Waals surface area contributed by atoms with Crippen LogP contribution in [-0.4, -0.2) is 39.0 Å². The fraction of sp³-hybridized carbons (Fsp3) is 0.0769. The van der Waals surface area contributed by atoms with Gasteiger partial charge in [-0.15, -0.1) is 11.8 Å². The Labute approximate surface area is 245 Å². The van der Waals surface area contributed by atoms with Gasteiger partial charge in [-0.1, -0.05) is 58.5 Å². The molecule has 3 amide bonds. The number of thioether (sulfide) groups is 1. The number of aromatic amines is 1. The molecular formula is C26H15Cl4N3O5S. The van der Waals surface area contributed by atoms with Gasteiger partial charge in [0.15, 0.2) is 0 Å². The van der Waals surface area contributed by atoms with E-state index >= 15 is 0 Å². The van der Waals surface area contributed by atoms with E-state index in [2.05, 4.69) is 10.3 Å². The number of carbonyl (C=O) groups excluding carboxylic acids is 3. The van der Waals surface area contributed by atoms with Gasteiger partial charge in [-0.2, -0.15) is 0 Å². The topological polar surface area (TPSA) is 120 Å². The number of benzene rings is 3. The third kappa shape index (κ3) is 5.08. The number of hydrogen-bond acceptors (Lipinski definition) is 5. The van der Waals surface area contributed by atoms with Crippen LogP contribution >= 0.6 is 58.2 Å². The highest BCUT2D eigenvalue weighted by Crippen LogP contribution is 2.42. The Morgan fingerprint density at radius 3 is 2.38 bits per heavy atom. The van der Waals surface area contributed by atoms with Gasteiger partial charge >= 0.3 is 5.97 Å². The molecule has 5 rings (SSSR count). The van der Waals surface area contributed by atoms with Gasteiger partial charge in [0.25, 0.3) is 5.91 Å². The molecule has 2 heterocycles. The number of rotatable bonds is 6. The van der Waals surface area contributed by atoms with Gasteiger partial charge < -0.3 is 15.4 Å². The lowest BCUT2D eigenvalue weighted by atomic mass is 10.1. The fourth-order valence-corrected chi connectivity index (χ4v) is 6.33. The molecule has 13 heteroatoms. The van der Waals surface area contributed by atoms with Crippen LogP contribution in [0.15, 0.2) is 59.6 Å². The number of carboxylic acids is 1. The van der Waals surface area contributed by atoms with Crippen molar-refractivity contribution in [3.05, 3.63) is 85.9 Å². The number of nitrogens with zero attached hydrogens (tertiary/aromatic N) is 1. The van der Waals surface area contributed by atoms with E-state index in [0.717, 1.165) is 10.9 Å². The lowest BCUT2D eigenvalue weighted by molar-refractivity contribution is -0.121. The Bertz CT molecular complexity index is 1710. The first-order valence-electron chi connectivity index (χ1n) is 11.2. The number of carboxylic acid groups (broad SMARTS) is 1. The lowest BCUT2D eigenvalue weighted by Crippen LogP contribution is -2.31. The number of anilines is 2. The van der Waals surface area contributed by atoms with E-state index in [1.165, 1.54) is 16.7 Å². The summed E-state index contributed by atoms with van der Waals surface area (Å²) in [6.07, 6.45) is 1.78. The number of hydrogen-bond donors (Lipinski definition) is 3. The summed E-state index contributed by atoms with van der Waals surface area (Å²) in [4.78, 5) is 55.6. The van der Waals surface area contributed by atoms with E-state index in [0.29, 0.717) is 10.6 Å². The standard InChI is InChI=1S/C26H15Cl4N3O5S/c27-20-18(19(26(37)38)21(28)23(30)22(20)29)24(35)32-12-2-1-3-14(8-12)39-16-10-17(34)33(25(16)36)13-5-4-11-6-7-31-15(11)9-13/h1-9,16,31H,10H2,(H,32,35)(H,37,38). The minimum atomic E-state index is -1.51. The Hall–Kier alpha value is -3.21. The molecule has 3 N–H and O–H groups in total.